The van der Waals surface area contributed by atoms with E-state index in [0.717, 1.165) is 48.0 Å². The molecule has 1 aromatic carbocycles. The molecule has 190 valence electrons. The predicted molar refractivity (Wildman–Crippen MR) is 142 cm³/mol. The van der Waals surface area contributed by atoms with Gasteiger partial charge >= 0.3 is 0 Å². The second kappa shape index (κ2) is 13.1. The van der Waals surface area contributed by atoms with E-state index in [1.807, 2.05) is 31.2 Å². The summed E-state index contributed by atoms with van der Waals surface area (Å²) in [7, 11) is 0. The minimum absolute atomic E-state index is 0.0756. The first-order valence-electron chi connectivity index (χ1n) is 14.7. The number of ether oxygens (including phenoxy) is 1. The summed E-state index contributed by atoms with van der Waals surface area (Å²) in [4.78, 5) is 0. The molecule has 0 heterocycles. The van der Waals surface area contributed by atoms with E-state index in [-0.39, 0.29) is 5.82 Å². The van der Waals surface area contributed by atoms with Crippen LogP contribution in [0, 0.1) is 35.4 Å². The summed E-state index contributed by atoms with van der Waals surface area (Å²) in [5, 5.41) is 0. The highest BCUT2D eigenvalue weighted by atomic mass is 19.1. The standard InChI is InChI=1S/C32H49FO/c1-3-5-7-8-9-24-10-11-29-22-28(17-16-27(29)21-24)25-12-14-26(15-13-25)31-19-18-30(23-32(31)33)34-20-6-4-2/h4,6,18-19,23-29H,3,5,7-17,20-22H2,1-2H3/b6-4+. The summed E-state index contributed by atoms with van der Waals surface area (Å²) in [6.45, 7) is 4.79. The fourth-order valence-corrected chi connectivity index (χ4v) is 7.64. The Morgan fingerprint density at radius 3 is 2.29 bits per heavy atom. The van der Waals surface area contributed by atoms with Crippen LogP contribution >= 0.6 is 0 Å². The van der Waals surface area contributed by atoms with Crippen LogP contribution in [0.5, 0.6) is 5.75 Å². The fourth-order valence-electron chi connectivity index (χ4n) is 7.64. The van der Waals surface area contributed by atoms with Crippen LogP contribution in [0.25, 0.3) is 0 Å². The Hall–Kier alpha value is -1.31. The third-order valence-electron chi connectivity index (χ3n) is 9.66. The van der Waals surface area contributed by atoms with E-state index in [1.54, 1.807) is 6.07 Å². The van der Waals surface area contributed by atoms with Crippen molar-refractivity contribution < 1.29 is 9.13 Å². The highest BCUT2D eigenvalue weighted by Crippen LogP contribution is 2.50. The van der Waals surface area contributed by atoms with Crippen molar-refractivity contribution in [2.24, 2.45) is 29.6 Å². The van der Waals surface area contributed by atoms with Gasteiger partial charge in [0.15, 0.2) is 0 Å². The Balaban J connectivity index is 1.21. The number of unbranched alkanes of at least 4 members (excludes halogenated alkanes) is 3. The molecule has 0 aliphatic heterocycles. The van der Waals surface area contributed by atoms with Gasteiger partial charge < -0.3 is 4.74 Å². The molecule has 0 saturated heterocycles. The summed E-state index contributed by atoms with van der Waals surface area (Å²) in [5.41, 5.74) is 0.915. The average Bonchev–Trinajstić information content (AvgIpc) is 2.87. The van der Waals surface area contributed by atoms with Crippen molar-refractivity contribution >= 4 is 0 Å². The molecular formula is C32H49FO. The Labute approximate surface area is 208 Å². The number of fused-ring (bicyclic) bond motifs is 1. The van der Waals surface area contributed by atoms with Crippen molar-refractivity contribution in [1.82, 2.24) is 0 Å². The quantitative estimate of drug-likeness (QED) is 0.245. The Morgan fingerprint density at radius 2 is 1.56 bits per heavy atom. The van der Waals surface area contributed by atoms with E-state index in [9.17, 15) is 4.39 Å². The molecule has 2 heteroatoms. The van der Waals surface area contributed by atoms with Crippen molar-refractivity contribution in [2.45, 2.75) is 116 Å². The molecule has 4 rings (SSSR count). The number of allylic oxidation sites excluding steroid dienone is 1. The van der Waals surface area contributed by atoms with Crippen LogP contribution in [-0.2, 0) is 0 Å². The van der Waals surface area contributed by atoms with Crippen LogP contribution in [0.4, 0.5) is 4.39 Å². The molecule has 3 saturated carbocycles. The molecule has 3 aliphatic carbocycles. The van der Waals surface area contributed by atoms with Gasteiger partial charge in [0.2, 0.25) is 0 Å². The molecule has 0 bridgehead atoms. The summed E-state index contributed by atoms with van der Waals surface area (Å²) in [6.07, 6.45) is 25.0. The molecule has 0 radical (unpaired) electrons. The van der Waals surface area contributed by atoms with E-state index in [1.165, 1.54) is 83.5 Å². The lowest BCUT2D eigenvalue weighted by atomic mass is 9.60. The molecule has 0 aromatic heterocycles. The lowest BCUT2D eigenvalue weighted by Crippen LogP contribution is -2.34. The van der Waals surface area contributed by atoms with Gasteiger partial charge in [0.05, 0.1) is 0 Å². The van der Waals surface area contributed by atoms with E-state index in [0.29, 0.717) is 18.3 Å². The third kappa shape index (κ3) is 6.88. The van der Waals surface area contributed by atoms with Crippen LogP contribution in [0.1, 0.15) is 122 Å². The first-order valence-corrected chi connectivity index (χ1v) is 14.7. The molecular weight excluding hydrogens is 419 g/mol. The fraction of sp³-hybridized carbons (Fsp3) is 0.750. The zero-order chi connectivity index (χ0) is 23.8. The molecule has 4 atom stereocenters. The van der Waals surface area contributed by atoms with Crippen molar-refractivity contribution in [2.75, 3.05) is 6.61 Å². The summed E-state index contributed by atoms with van der Waals surface area (Å²) < 4.78 is 20.4. The monoisotopic (exact) mass is 468 g/mol. The van der Waals surface area contributed by atoms with Gasteiger partial charge in [0.1, 0.15) is 18.2 Å². The van der Waals surface area contributed by atoms with E-state index < -0.39 is 0 Å². The Kier molecular flexibility index (Phi) is 9.95. The zero-order valence-electron chi connectivity index (χ0n) is 22.0. The van der Waals surface area contributed by atoms with Crippen LogP contribution in [0.2, 0.25) is 0 Å². The maximum Gasteiger partial charge on any atom is 0.130 e. The van der Waals surface area contributed by atoms with Gasteiger partial charge in [-0.2, -0.15) is 0 Å². The molecule has 0 spiro atoms. The van der Waals surface area contributed by atoms with Gasteiger partial charge in [0, 0.05) is 6.07 Å². The molecule has 0 amide bonds. The van der Waals surface area contributed by atoms with Crippen LogP contribution < -0.4 is 4.74 Å². The maximum atomic E-state index is 14.8. The van der Waals surface area contributed by atoms with Crippen molar-refractivity contribution in [3.63, 3.8) is 0 Å². The van der Waals surface area contributed by atoms with Gasteiger partial charge in [-0.3, -0.25) is 0 Å². The topological polar surface area (TPSA) is 9.23 Å². The molecule has 1 nitrogen and oxygen atoms in total. The molecule has 34 heavy (non-hydrogen) atoms. The minimum Gasteiger partial charge on any atom is -0.489 e. The van der Waals surface area contributed by atoms with Crippen molar-refractivity contribution in [3.05, 3.63) is 41.7 Å². The smallest absolute Gasteiger partial charge is 0.130 e. The van der Waals surface area contributed by atoms with E-state index >= 15 is 0 Å². The lowest BCUT2D eigenvalue weighted by molar-refractivity contribution is 0.0612. The summed E-state index contributed by atoms with van der Waals surface area (Å²) >= 11 is 0. The SMILES string of the molecule is C/C=C/COc1ccc(C2CCC(C3CCC4CC(CCCCCC)CCC4C3)CC2)c(F)c1. The summed E-state index contributed by atoms with van der Waals surface area (Å²) in [6, 6.07) is 5.53. The van der Waals surface area contributed by atoms with Crippen molar-refractivity contribution in [1.29, 1.82) is 0 Å². The minimum atomic E-state index is -0.0756. The van der Waals surface area contributed by atoms with Crippen molar-refractivity contribution in [3.8, 4) is 5.75 Å². The molecule has 4 unspecified atom stereocenters. The van der Waals surface area contributed by atoms with E-state index in [4.69, 9.17) is 4.74 Å². The van der Waals surface area contributed by atoms with Crippen LogP contribution in [-0.4, -0.2) is 6.61 Å². The number of benzene rings is 1. The molecule has 3 aliphatic rings. The highest BCUT2D eigenvalue weighted by molar-refractivity contribution is 5.31. The lowest BCUT2D eigenvalue weighted by Gasteiger charge is -2.45. The van der Waals surface area contributed by atoms with Gasteiger partial charge in [0.25, 0.3) is 0 Å². The maximum absolute atomic E-state index is 14.8. The zero-order valence-corrected chi connectivity index (χ0v) is 22.0. The number of hydrogen-bond donors (Lipinski definition) is 0. The largest absolute Gasteiger partial charge is 0.489 e. The van der Waals surface area contributed by atoms with Gasteiger partial charge in [-0.1, -0.05) is 63.7 Å². The second-order valence-electron chi connectivity index (χ2n) is 11.8. The summed E-state index contributed by atoms with van der Waals surface area (Å²) in [5.74, 6) is 5.84. The number of hydrogen-bond acceptors (Lipinski definition) is 1. The predicted octanol–water partition coefficient (Wildman–Crippen LogP) is 9.86. The van der Waals surface area contributed by atoms with Crippen LogP contribution in [0.3, 0.4) is 0 Å². The van der Waals surface area contributed by atoms with Gasteiger partial charge in [-0.05, 0) is 112 Å². The second-order valence-corrected chi connectivity index (χ2v) is 11.8. The third-order valence-corrected chi connectivity index (χ3v) is 9.66. The van der Waals surface area contributed by atoms with E-state index in [2.05, 4.69) is 6.92 Å². The molecule has 1 aromatic rings. The van der Waals surface area contributed by atoms with Gasteiger partial charge in [-0.15, -0.1) is 0 Å². The number of halogens is 1. The first-order chi connectivity index (χ1) is 16.7. The Bertz CT molecular complexity index is 762. The highest BCUT2D eigenvalue weighted by Gasteiger charge is 2.38. The Morgan fingerprint density at radius 1 is 0.853 bits per heavy atom. The van der Waals surface area contributed by atoms with Crippen LogP contribution in [0.15, 0.2) is 30.4 Å². The number of rotatable bonds is 10. The molecule has 3 fully saturated rings. The molecule has 0 N–H and O–H groups in total. The average molecular weight is 469 g/mol. The first kappa shape index (κ1) is 25.8. The van der Waals surface area contributed by atoms with Gasteiger partial charge in [-0.25, -0.2) is 4.39 Å². The normalized spacial score (nSPS) is 32.0.